The minimum atomic E-state index is -3.15. The first-order valence-electron chi connectivity index (χ1n) is 9.42. The molecule has 2 N–H and O–H groups in total. The summed E-state index contributed by atoms with van der Waals surface area (Å²) in [5.74, 6) is 0.863. The largest absolute Gasteiger partial charge is 0.355 e. The average molecular weight is 506 g/mol. The number of guanidine groups is 1. The van der Waals surface area contributed by atoms with E-state index < -0.39 is 10.0 Å². The summed E-state index contributed by atoms with van der Waals surface area (Å²) in [4.78, 5) is 6.77. The van der Waals surface area contributed by atoms with Crippen LogP contribution in [0.3, 0.4) is 0 Å². The highest BCUT2D eigenvalue weighted by molar-refractivity contribution is 14.0. The number of piperidine rings is 1. The molecule has 1 saturated heterocycles. The summed E-state index contributed by atoms with van der Waals surface area (Å²) >= 11 is 0. The van der Waals surface area contributed by atoms with Crippen LogP contribution in [0, 0.1) is 0 Å². The van der Waals surface area contributed by atoms with Gasteiger partial charge in [-0.25, -0.2) is 13.1 Å². The Kier molecular flexibility index (Phi) is 7.94. The van der Waals surface area contributed by atoms with Crippen molar-refractivity contribution in [2.45, 2.75) is 37.5 Å². The molecule has 1 aromatic rings. The Labute approximate surface area is 180 Å². The summed E-state index contributed by atoms with van der Waals surface area (Å²) in [5.41, 5.74) is 3.24. The molecule has 1 aliphatic heterocycles. The molecule has 1 heterocycles. The predicted molar refractivity (Wildman–Crippen MR) is 121 cm³/mol. The molecule has 1 aromatic carbocycles. The molecule has 0 bridgehead atoms. The molecule has 1 spiro atoms. The van der Waals surface area contributed by atoms with E-state index in [-0.39, 0.29) is 29.4 Å². The van der Waals surface area contributed by atoms with E-state index >= 15 is 0 Å². The fourth-order valence-electron chi connectivity index (χ4n) is 4.49. The molecule has 1 fully saturated rings. The summed E-state index contributed by atoms with van der Waals surface area (Å²) in [6.45, 7) is 2.85. The number of fused-ring (bicyclic) bond motifs is 2. The lowest BCUT2D eigenvalue weighted by Gasteiger charge is -2.47. The summed E-state index contributed by atoms with van der Waals surface area (Å²) in [6.07, 6.45) is 7.21. The van der Waals surface area contributed by atoms with Crippen molar-refractivity contribution in [2.75, 3.05) is 39.5 Å². The zero-order valence-electron chi connectivity index (χ0n) is 16.2. The van der Waals surface area contributed by atoms with Gasteiger partial charge in [0.05, 0.1) is 6.26 Å². The van der Waals surface area contributed by atoms with Gasteiger partial charge in [0, 0.05) is 38.6 Å². The molecule has 27 heavy (non-hydrogen) atoms. The van der Waals surface area contributed by atoms with E-state index in [1.54, 1.807) is 7.05 Å². The Morgan fingerprint density at radius 2 is 1.96 bits per heavy atom. The van der Waals surface area contributed by atoms with E-state index in [2.05, 4.69) is 44.2 Å². The van der Waals surface area contributed by atoms with Gasteiger partial charge in [-0.05, 0) is 43.2 Å². The number of nitrogens with one attached hydrogen (secondary N) is 2. The molecule has 1 atom stereocenters. The van der Waals surface area contributed by atoms with Gasteiger partial charge in [-0.3, -0.25) is 4.99 Å². The fourth-order valence-corrected chi connectivity index (χ4v) is 4.96. The summed E-state index contributed by atoms with van der Waals surface area (Å²) in [6, 6.07) is 8.89. The van der Waals surface area contributed by atoms with Crippen LogP contribution < -0.4 is 10.0 Å². The van der Waals surface area contributed by atoms with Crippen molar-refractivity contribution in [3.8, 4) is 0 Å². The molecule has 1 aliphatic carbocycles. The van der Waals surface area contributed by atoms with Gasteiger partial charge >= 0.3 is 0 Å². The van der Waals surface area contributed by atoms with Crippen LogP contribution in [0.2, 0.25) is 0 Å². The SMILES string of the molecule is CN=C(NCCNS(C)(=O)=O)N1CCCC2(CCCc3ccccc32)C1.I. The smallest absolute Gasteiger partial charge is 0.208 e. The first-order chi connectivity index (χ1) is 12.4. The predicted octanol–water partition coefficient (Wildman–Crippen LogP) is 2.10. The zero-order chi connectivity index (χ0) is 18.6. The number of aliphatic imine (C=N–C) groups is 1. The van der Waals surface area contributed by atoms with Crippen molar-refractivity contribution in [1.82, 2.24) is 14.9 Å². The summed E-state index contributed by atoms with van der Waals surface area (Å²) in [7, 11) is -1.36. The van der Waals surface area contributed by atoms with Crippen LogP contribution in [0.5, 0.6) is 0 Å². The first-order valence-corrected chi connectivity index (χ1v) is 11.3. The Hall–Kier alpha value is -0.870. The second kappa shape index (κ2) is 9.56. The van der Waals surface area contributed by atoms with E-state index in [0.717, 1.165) is 25.5 Å². The average Bonchev–Trinajstić information content (AvgIpc) is 2.61. The van der Waals surface area contributed by atoms with Crippen LogP contribution in [0.4, 0.5) is 0 Å². The van der Waals surface area contributed by atoms with Crippen molar-refractivity contribution in [3.05, 3.63) is 35.4 Å². The number of nitrogens with zero attached hydrogens (tertiary/aromatic N) is 2. The Morgan fingerprint density at radius 1 is 1.22 bits per heavy atom. The van der Waals surface area contributed by atoms with Crippen LogP contribution in [-0.4, -0.2) is 58.8 Å². The number of hydrogen-bond donors (Lipinski definition) is 2. The molecule has 0 amide bonds. The Balaban J connectivity index is 0.00000261. The molecule has 0 saturated carbocycles. The molecule has 0 radical (unpaired) electrons. The number of hydrogen-bond acceptors (Lipinski definition) is 3. The fraction of sp³-hybridized carbons (Fsp3) is 0.632. The minimum absolute atomic E-state index is 0. The molecule has 6 nitrogen and oxygen atoms in total. The molecule has 2 aliphatic rings. The summed E-state index contributed by atoms with van der Waals surface area (Å²) in [5, 5.41) is 3.31. The number of halogens is 1. The number of rotatable bonds is 4. The third-order valence-corrected chi connectivity index (χ3v) is 6.28. The van der Waals surface area contributed by atoms with Crippen molar-refractivity contribution in [3.63, 3.8) is 0 Å². The number of aryl methyl sites for hydroxylation is 1. The van der Waals surface area contributed by atoms with Crippen LogP contribution in [0.1, 0.15) is 36.8 Å². The van der Waals surface area contributed by atoms with Crippen LogP contribution >= 0.6 is 24.0 Å². The van der Waals surface area contributed by atoms with Crippen LogP contribution in [0.15, 0.2) is 29.3 Å². The van der Waals surface area contributed by atoms with Gasteiger partial charge in [0.1, 0.15) is 0 Å². The number of likely N-dealkylation sites (tertiary alicyclic amines) is 1. The lowest BCUT2D eigenvalue weighted by Crippen LogP contribution is -2.54. The maximum absolute atomic E-state index is 11.2. The minimum Gasteiger partial charge on any atom is -0.355 e. The standard InChI is InChI=1S/C19H30N4O2S.HI/c1-20-18(21-12-13-22-26(2,24)25)23-14-6-11-19(15-23)10-5-8-16-7-3-4-9-17(16)19;/h3-4,7,9,22H,5-6,8,10-15H2,1-2H3,(H,20,21);1H. The number of benzene rings is 1. The van der Waals surface area contributed by atoms with Crippen LogP contribution in [-0.2, 0) is 21.9 Å². The van der Waals surface area contributed by atoms with Crippen molar-refractivity contribution in [2.24, 2.45) is 4.99 Å². The van der Waals surface area contributed by atoms with Gasteiger partial charge in [0.25, 0.3) is 0 Å². The molecule has 1 unspecified atom stereocenters. The highest BCUT2D eigenvalue weighted by Crippen LogP contribution is 2.43. The first kappa shape index (κ1) is 22.4. The molecular weight excluding hydrogens is 475 g/mol. The van der Waals surface area contributed by atoms with Crippen LogP contribution in [0.25, 0.3) is 0 Å². The molecule has 0 aromatic heterocycles. The third-order valence-electron chi connectivity index (χ3n) is 5.55. The molecular formula is C19H31IN4O2S. The van der Waals surface area contributed by atoms with E-state index in [4.69, 9.17) is 0 Å². The Morgan fingerprint density at radius 3 is 2.70 bits per heavy atom. The second-order valence-corrected chi connectivity index (χ2v) is 9.29. The highest BCUT2D eigenvalue weighted by Gasteiger charge is 2.40. The van der Waals surface area contributed by atoms with E-state index in [1.807, 2.05) is 0 Å². The summed E-state index contributed by atoms with van der Waals surface area (Å²) < 4.78 is 24.9. The molecule has 152 valence electrons. The van der Waals surface area contributed by atoms with Gasteiger partial charge in [0.15, 0.2) is 5.96 Å². The van der Waals surface area contributed by atoms with E-state index in [1.165, 1.54) is 43.1 Å². The molecule has 8 heteroatoms. The quantitative estimate of drug-likeness (QED) is 0.284. The van der Waals surface area contributed by atoms with Crippen molar-refractivity contribution < 1.29 is 8.42 Å². The van der Waals surface area contributed by atoms with Gasteiger partial charge in [-0.2, -0.15) is 0 Å². The zero-order valence-corrected chi connectivity index (χ0v) is 19.3. The Bertz CT molecular complexity index is 769. The monoisotopic (exact) mass is 506 g/mol. The molecule has 3 rings (SSSR count). The normalized spacial score (nSPS) is 22.9. The second-order valence-electron chi connectivity index (χ2n) is 7.46. The highest BCUT2D eigenvalue weighted by atomic mass is 127. The maximum atomic E-state index is 11.2. The van der Waals surface area contributed by atoms with E-state index in [0.29, 0.717) is 13.1 Å². The van der Waals surface area contributed by atoms with Gasteiger partial charge in [0.2, 0.25) is 10.0 Å². The van der Waals surface area contributed by atoms with E-state index in [9.17, 15) is 8.42 Å². The van der Waals surface area contributed by atoms with Gasteiger partial charge in [-0.1, -0.05) is 24.3 Å². The van der Waals surface area contributed by atoms with Gasteiger partial charge < -0.3 is 10.2 Å². The topological polar surface area (TPSA) is 73.8 Å². The van der Waals surface area contributed by atoms with Gasteiger partial charge in [-0.15, -0.1) is 24.0 Å². The maximum Gasteiger partial charge on any atom is 0.208 e. The number of sulfonamides is 1. The lowest BCUT2D eigenvalue weighted by molar-refractivity contribution is 0.188. The van der Waals surface area contributed by atoms with Crippen molar-refractivity contribution in [1.29, 1.82) is 0 Å². The lowest BCUT2D eigenvalue weighted by atomic mass is 9.66. The van der Waals surface area contributed by atoms with Crippen molar-refractivity contribution >= 4 is 40.0 Å². The third kappa shape index (κ3) is 5.57.